The molecule has 0 aliphatic carbocycles. The van der Waals surface area contributed by atoms with E-state index in [1.165, 1.54) is 0 Å². The molecule has 0 radical (unpaired) electrons. The van der Waals surface area contributed by atoms with Crippen LogP contribution in [0.2, 0.25) is 0 Å². The van der Waals surface area contributed by atoms with Crippen LogP contribution in [-0.2, 0) is 0 Å². The van der Waals surface area contributed by atoms with Crippen molar-refractivity contribution in [1.82, 2.24) is 4.98 Å². The number of aryl methyl sites for hydroxylation is 1. The van der Waals surface area contributed by atoms with E-state index in [2.05, 4.69) is 18.8 Å². The van der Waals surface area contributed by atoms with Gasteiger partial charge in [0, 0.05) is 11.9 Å². The highest BCUT2D eigenvalue weighted by Gasteiger charge is 2.09. The molecule has 0 saturated carbocycles. The average Bonchev–Trinajstić information content (AvgIpc) is 2.04. The van der Waals surface area contributed by atoms with Crippen molar-refractivity contribution in [2.45, 2.75) is 33.3 Å². The van der Waals surface area contributed by atoms with Crippen LogP contribution in [0.5, 0.6) is 0 Å². The van der Waals surface area contributed by atoms with E-state index in [0.717, 1.165) is 17.7 Å². The van der Waals surface area contributed by atoms with Gasteiger partial charge >= 0.3 is 0 Å². The highest BCUT2D eigenvalue weighted by atomic mass is 16.3. The van der Waals surface area contributed by atoms with Crippen LogP contribution in [0.4, 0.5) is 0 Å². The fourth-order valence-electron chi connectivity index (χ4n) is 1.26. The van der Waals surface area contributed by atoms with Gasteiger partial charge in [0.15, 0.2) is 0 Å². The van der Waals surface area contributed by atoms with Gasteiger partial charge in [-0.25, -0.2) is 0 Å². The predicted octanol–water partition coefficient (Wildman–Crippen LogP) is 2.47. The fraction of sp³-hybridized carbons (Fsp3) is 0.545. The molecule has 0 amide bonds. The van der Waals surface area contributed by atoms with Crippen molar-refractivity contribution in [2.75, 3.05) is 0 Å². The lowest BCUT2D eigenvalue weighted by Gasteiger charge is -2.12. The summed E-state index contributed by atoms with van der Waals surface area (Å²) in [5, 5.41) is 9.74. The first-order valence-corrected chi connectivity index (χ1v) is 4.70. The molecule has 0 bridgehead atoms. The van der Waals surface area contributed by atoms with Gasteiger partial charge in [0.05, 0.1) is 6.10 Å². The summed E-state index contributed by atoms with van der Waals surface area (Å²) >= 11 is 0. The Labute approximate surface area is 79.6 Å². The normalized spacial score (nSPS) is 13.3. The molecular formula is C11H17NO. The third kappa shape index (κ3) is 3.15. The molecule has 1 rings (SSSR count). The summed E-state index contributed by atoms with van der Waals surface area (Å²) in [6.45, 7) is 6.15. The summed E-state index contributed by atoms with van der Waals surface area (Å²) in [5.41, 5.74) is 1.90. The lowest BCUT2D eigenvalue weighted by Crippen LogP contribution is -2.02. The van der Waals surface area contributed by atoms with E-state index < -0.39 is 0 Å². The highest BCUT2D eigenvalue weighted by molar-refractivity contribution is 5.15. The van der Waals surface area contributed by atoms with Crippen LogP contribution in [0.25, 0.3) is 0 Å². The van der Waals surface area contributed by atoms with Crippen LogP contribution in [0.15, 0.2) is 18.3 Å². The predicted molar refractivity (Wildman–Crippen MR) is 53.4 cm³/mol. The minimum Gasteiger partial charge on any atom is -0.388 e. The number of aromatic nitrogens is 1. The molecule has 1 aromatic rings. The molecule has 1 heterocycles. The second kappa shape index (κ2) is 4.38. The highest BCUT2D eigenvalue weighted by Crippen LogP contribution is 2.19. The van der Waals surface area contributed by atoms with E-state index >= 15 is 0 Å². The third-order valence-corrected chi connectivity index (χ3v) is 2.01. The summed E-state index contributed by atoms with van der Waals surface area (Å²) in [4.78, 5) is 4.15. The van der Waals surface area contributed by atoms with Gasteiger partial charge < -0.3 is 5.11 Å². The third-order valence-electron chi connectivity index (χ3n) is 2.01. The number of aliphatic hydroxyl groups excluding tert-OH is 1. The zero-order valence-electron chi connectivity index (χ0n) is 8.49. The van der Waals surface area contributed by atoms with E-state index in [1.807, 2.05) is 19.1 Å². The number of nitrogens with zero attached hydrogens (tertiary/aromatic N) is 1. The Balaban J connectivity index is 2.66. The Morgan fingerprint density at radius 1 is 1.38 bits per heavy atom. The smallest absolute Gasteiger partial charge is 0.0807 e. The molecule has 2 nitrogen and oxygen atoms in total. The standard InChI is InChI=1S/C11H17NO/c1-8(2)6-11(13)10-5-4-9(3)12-7-10/h4-5,7-8,11,13H,6H2,1-3H3. The van der Waals surface area contributed by atoms with Gasteiger partial charge in [-0.15, -0.1) is 0 Å². The summed E-state index contributed by atoms with van der Waals surface area (Å²) in [7, 11) is 0. The van der Waals surface area contributed by atoms with Gasteiger partial charge in [-0.2, -0.15) is 0 Å². The molecule has 0 aliphatic heterocycles. The molecule has 0 saturated heterocycles. The van der Waals surface area contributed by atoms with E-state index in [0.29, 0.717) is 5.92 Å². The molecule has 1 atom stereocenters. The summed E-state index contributed by atoms with van der Waals surface area (Å²) < 4.78 is 0. The van der Waals surface area contributed by atoms with Crippen molar-refractivity contribution in [2.24, 2.45) is 5.92 Å². The summed E-state index contributed by atoms with van der Waals surface area (Å²) in [6, 6.07) is 3.87. The van der Waals surface area contributed by atoms with Crippen LogP contribution >= 0.6 is 0 Å². The molecule has 13 heavy (non-hydrogen) atoms. The van der Waals surface area contributed by atoms with Crippen molar-refractivity contribution >= 4 is 0 Å². The van der Waals surface area contributed by atoms with E-state index in [9.17, 15) is 5.11 Å². The minimum atomic E-state index is -0.368. The minimum absolute atomic E-state index is 0.368. The number of hydrogen-bond donors (Lipinski definition) is 1. The lowest BCUT2D eigenvalue weighted by atomic mass is 10.0. The first-order valence-electron chi connectivity index (χ1n) is 4.70. The number of rotatable bonds is 3. The van der Waals surface area contributed by atoms with Crippen LogP contribution in [-0.4, -0.2) is 10.1 Å². The lowest BCUT2D eigenvalue weighted by molar-refractivity contribution is 0.150. The zero-order valence-corrected chi connectivity index (χ0v) is 8.49. The van der Waals surface area contributed by atoms with Crippen molar-refractivity contribution in [3.63, 3.8) is 0 Å². The maximum absolute atomic E-state index is 9.74. The maximum atomic E-state index is 9.74. The molecule has 72 valence electrons. The Kier molecular flexibility index (Phi) is 3.43. The van der Waals surface area contributed by atoms with Crippen molar-refractivity contribution in [3.8, 4) is 0 Å². The monoisotopic (exact) mass is 179 g/mol. The van der Waals surface area contributed by atoms with Gasteiger partial charge in [0.2, 0.25) is 0 Å². The van der Waals surface area contributed by atoms with Gasteiger partial charge in [-0.1, -0.05) is 19.9 Å². The van der Waals surface area contributed by atoms with Gasteiger partial charge in [-0.3, -0.25) is 4.98 Å². The topological polar surface area (TPSA) is 33.1 Å². The Hall–Kier alpha value is -0.890. The Morgan fingerprint density at radius 3 is 2.54 bits per heavy atom. The van der Waals surface area contributed by atoms with E-state index in [-0.39, 0.29) is 6.10 Å². The number of aliphatic hydroxyl groups is 1. The number of pyridine rings is 1. The molecular weight excluding hydrogens is 162 g/mol. The van der Waals surface area contributed by atoms with Crippen molar-refractivity contribution in [3.05, 3.63) is 29.6 Å². The van der Waals surface area contributed by atoms with Crippen LogP contribution in [0.1, 0.15) is 37.6 Å². The zero-order chi connectivity index (χ0) is 9.84. The fourth-order valence-corrected chi connectivity index (χ4v) is 1.26. The van der Waals surface area contributed by atoms with Crippen LogP contribution < -0.4 is 0 Å². The molecule has 0 fully saturated rings. The summed E-state index contributed by atoms with van der Waals surface area (Å²) in [5.74, 6) is 0.510. The molecule has 2 heteroatoms. The van der Waals surface area contributed by atoms with Gasteiger partial charge in [0.1, 0.15) is 0 Å². The number of hydrogen-bond acceptors (Lipinski definition) is 2. The Bertz CT molecular complexity index is 253. The van der Waals surface area contributed by atoms with Crippen LogP contribution in [0.3, 0.4) is 0 Å². The van der Waals surface area contributed by atoms with E-state index in [4.69, 9.17) is 0 Å². The molecule has 1 N–H and O–H groups in total. The van der Waals surface area contributed by atoms with Crippen molar-refractivity contribution in [1.29, 1.82) is 0 Å². The van der Waals surface area contributed by atoms with Gasteiger partial charge in [0.25, 0.3) is 0 Å². The molecule has 0 aromatic carbocycles. The van der Waals surface area contributed by atoms with Gasteiger partial charge in [-0.05, 0) is 30.9 Å². The van der Waals surface area contributed by atoms with E-state index in [1.54, 1.807) is 6.20 Å². The second-order valence-corrected chi connectivity index (χ2v) is 3.88. The molecule has 0 aliphatic rings. The SMILES string of the molecule is Cc1ccc(C(O)CC(C)C)cn1. The summed E-state index contributed by atoms with van der Waals surface area (Å²) in [6.07, 6.45) is 2.18. The molecule has 1 aromatic heterocycles. The second-order valence-electron chi connectivity index (χ2n) is 3.88. The van der Waals surface area contributed by atoms with Crippen LogP contribution in [0, 0.1) is 12.8 Å². The average molecular weight is 179 g/mol. The maximum Gasteiger partial charge on any atom is 0.0807 e. The first-order chi connectivity index (χ1) is 6.09. The first kappa shape index (κ1) is 10.2. The molecule has 0 spiro atoms. The Morgan fingerprint density at radius 2 is 2.08 bits per heavy atom. The largest absolute Gasteiger partial charge is 0.388 e. The van der Waals surface area contributed by atoms with Crippen molar-refractivity contribution < 1.29 is 5.11 Å². The molecule has 1 unspecified atom stereocenters. The quantitative estimate of drug-likeness (QED) is 0.773.